The van der Waals surface area contributed by atoms with Crippen LogP contribution in [0.4, 0.5) is 0 Å². The van der Waals surface area contributed by atoms with Gasteiger partial charge in [-0.3, -0.25) is 24.2 Å². The number of nitrogens with zero attached hydrogens (tertiary/aromatic N) is 5. The second-order valence-electron chi connectivity index (χ2n) is 7.85. The number of amides is 2. The largest absolute Gasteiger partial charge is 0.346 e. The van der Waals surface area contributed by atoms with Crippen molar-refractivity contribution < 1.29 is 9.59 Å². The van der Waals surface area contributed by atoms with Gasteiger partial charge in [0.1, 0.15) is 0 Å². The van der Waals surface area contributed by atoms with Crippen molar-refractivity contribution in [3.63, 3.8) is 0 Å². The van der Waals surface area contributed by atoms with Crippen LogP contribution in [0.3, 0.4) is 0 Å². The molecule has 1 aliphatic heterocycles. The van der Waals surface area contributed by atoms with E-state index >= 15 is 0 Å². The second kappa shape index (κ2) is 9.51. The van der Waals surface area contributed by atoms with E-state index in [0.29, 0.717) is 36.7 Å². The van der Waals surface area contributed by atoms with Gasteiger partial charge in [-0.1, -0.05) is 6.07 Å². The first-order valence-electron chi connectivity index (χ1n) is 10.5. The van der Waals surface area contributed by atoms with Crippen LogP contribution in [-0.2, 0) is 20.0 Å². The van der Waals surface area contributed by atoms with E-state index in [9.17, 15) is 9.59 Å². The first-order chi connectivity index (χ1) is 15.1. The molecule has 0 bridgehead atoms. The Morgan fingerprint density at radius 1 is 1.13 bits per heavy atom. The highest BCUT2D eigenvalue weighted by Gasteiger charge is 2.26. The molecule has 160 valence electrons. The molecule has 3 aromatic heterocycles. The van der Waals surface area contributed by atoms with Crippen molar-refractivity contribution in [1.82, 2.24) is 30.0 Å². The summed E-state index contributed by atoms with van der Waals surface area (Å²) in [5.74, 6) is 0.270. The molecule has 1 N–H and O–H groups in total. The molecule has 0 saturated carbocycles. The fraction of sp³-hybridized carbons (Fsp3) is 0.348. The maximum atomic E-state index is 12.7. The number of hydrogen-bond acceptors (Lipinski definition) is 5. The van der Waals surface area contributed by atoms with Crippen LogP contribution in [0.2, 0.25) is 0 Å². The smallest absolute Gasteiger partial charge is 0.255 e. The van der Waals surface area contributed by atoms with E-state index in [2.05, 4.69) is 20.4 Å². The normalized spacial score (nSPS) is 14.4. The van der Waals surface area contributed by atoms with E-state index in [-0.39, 0.29) is 11.8 Å². The average Bonchev–Trinajstić information content (AvgIpc) is 3.18. The summed E-state index contributed by atoms with van der Waals surface area (Å²) in [7, 11) is 1.83. The molecule has 0 aliphatic carbocycles. The van der Waals surface area contributed by atoms with Gasteiger partial charge in [-0.25, -0.2) is 0 Å². The van der Waals surface area contributed by atoms with Crippen LogP contribution in [0, 0.1) is 5.92 Å². The summed E-state index contributed by atoms with van der Waals surface area (Å²) in [6.07, 6.45) is 9.25. The topological polar surface area (TPSA) is 93.0 Å². The van der Waals surface area contributed by atoms with Gasteiger partial charge in [0.25, 0.3) is 11.8 Å². The number of pyridine rings is 2. The first kappa shape index (κ1) is 20.7. The number of piperidine rings is 1. The molecule has 0 radical (unpaired) electrons. The van der Waals surface area contributed by atoms with Crippen LogP contribution in [0.25, 0.3) is 0 Å². The van der Waals surface area contributed by atoms with Gasteiger partial charge >= 0.3 is 0 Å². The van der Waals surface area contributed by atoms with Crippen molar-refractivity contribution in [2.24, 2.45) is 13.0 Å². The Morgan fingerprint density at radius 3 is 2.68 bits per heavy atom. The van der Waals surface area contributed by atoms with Crippen LogP contribution in [0.15, 0.2) is 55.1 Å². The lowest BCUT2D eigenvalue weighted by Crippen LogP contribution is -2.39. The summed E-state index contributed by atoms with van der Waals surface area (Å²) >= 11 is 0. The summed E-state index contributed by atoms with van der Waals surface area (Å²) < 4.78 is 1.69. The van der Waals surface area contributed by atoms with E-state index in [4.69, 9.17) is 0 Å². The van der Waals surface area contributed by atoms with Crippen LogP contribution >= 0.6 is 0 Å². The van der Waals surface area contributed by atoms with Crippen molar-refractivity contribution in [3.05, 3.63) is 77.6 Å². The van der Waals surface area contributed by atoms with E-state index in [1.807, 2.05) is 30.1 Å². The maximum absolute atomic E-state index is 12.7. The van der Waals surface area contributed by atoms with E-state index in [0.717, 1.165) is 30.7 Å². The number of rotatable bonds is 6. The monoisotopic (exact) mass is 418 g/mol. The summed E-state index contributed by atoms with van der Waals surface area (Å²) in [4.78, 5) is 35.5. The summed E-state index contributed by atoms with van der Waals surface area (Å²) in [6.45, 7) is 1.78. The zero-order valence-corrected chi connectivity index (χ0v) is 17.6. The highest BCUT2D eigenvalue weighted by Crippen LogP contribution is 2.24. The van der Waals surface area contributed by atoms with Crippen LogP contribution < -0.4 is 5.32 Å². The van der Waals surface area contributed by atoms with E-state index < -0.39 is 0 Å². The van der Waals surface area contributed by atoms with Crippen LogP contribution in [-0.4, -0.2) is 49.6 Å². The van der Waals surface area contributed by atoms with Crippen molar-refractivity contribution >= 4 is 11.8 Å². The van der Waals surface area contributed by atoms with Crippen molar-refractivity contribution in [2.75, 3.05) is 13.1 Å². The molecule has 8 nitrogen and oxygen atoms in total. The van der Waals surface area contributed by atoms with E-state index in [1.165, 1.54) is 0 Å². The standard InChI is InChI=1S/C23H26N6O2/c1-28-16-20(22(30)26-15-19-6-2-3-10-25-19)21(27-28)13-17-7-11-29(12-8-17)23(31)18-5-4-9-24-14-18/h2-6,9-10,14,16-17H,7-8,11-13,15H2,1H3,(H,26,30). The minimum Gasteiger partial charge on any atom is -0.346 e. The molecule has 1 saturated heterocycles. The minimum atomic E-state index is -0.141. The molecular formula is C23H26N6O2. The predicted molar refractivity (Wildman–Crippen MR) is 115 cm³/mol. The maximum Gasteiger partial charge on any atom is 0.255 e. The first-order valence-corrected chi connectivity index (χ1v) is 10.5. The molecular weight excluding hydrogens is 392 g/mol. The van der Waals surface area contributed by atoms with Gasteiger partial charge in [0, 0.05) is 44.9 Å². The van der Waals surface area contributed by atoms with Gasteiger partial charge in [-0.05, 0) is 49.4 Å². The zero-order chi connectivity index (χ0) is 21.6. The molecule has 0 aromatic carbocycles. The van der Waals surface area contributed by atoms with Gasteiger partial charge < -0.3 is 10.2 Å². The number of hydrogen-bond donors (Lipinski definition) is 1. The third kappa shape index (κ3) is 5.14. The molecule has 2 amide bonds. The summed E-state index contributed by atoms with van der Waals surface area (Å²) in [5, 5.41) is 7.47. The van der Waals surface area contributed by atoms with Crippen molar-refractivity contribution in [1.29, 1.82) is 0 Å². The lowest BCUT2D eigenvalue weighted by molar-refractivity contribution is 0.0689. The Labute approximate surface area is 181 Å². The number of aryl methyl sites for hydroxylation is 1. The quantitative estimate of drug-likeness (QED) is 0.663. The fourth-order valence-electron chi connectivity index (χ4n) is 3.93. The summed E-state index contributed by atoms with van der Waals surface area (Å²) in [5.41, 5.74) is 2.84. The SMILES string of the molecule is Cn1cc(C(=O)NCc2ccccn2)c(CC2CCN(C(=O)c3cccnc3)CC2)n1. The fourth-order valence-corrected chi connectivity index (χ4v) is 3.93. The number of carbonyl (C=O) groups is 2. The third-order valence-corrected chi connectivity index (χ3v) is 5.60. The molecule has 31 heavy (non-hydrogen) atoms. The molecule has 4 heterocycles. The highest BCUT2D eigenvalue weighted by molar-refractivity contribution is 5.95. The number of likely N-dealkylation sites (tertiary alicyclic amines) is 1. The number of aromatic nitrogens is 4. The molecule has 8 heteroatoms. The zero-order valence-electron chi connectivity index (χ0n) is 17.6. The highest BCUT2D eigenvalue weighted by atomic mass is 16.2. The Balaban J connectivity index is 1.34. The van der Waals surface area contributed by atoms with Crippen molar-refractivity contribution in [2.45, 2.75) is 25.8 Å². The Bertz CT molecular complexity index is 1030. The second-order valence-corrected chi connectivity index (χ2v) is 7.85. The average molecular weight is 419 g/mol. The number of nitrogens with one attached hydrogen (secondary N) is 1. The molecule has 1 fully saturated rings. The van der Waals surface area contributed by atoms with Gasteiger partial charge in [-0.2, -0.15) is 5.10 Å². The Morgan fingerprint density at radius 2 is 1.97 bits per heavy atom. The number of carbonyl (C=O) groups excluding carboxylic acids is 2. The minimum absolute atomic E-state index is 0.0268. The molecule has 0 unspecified atom stereocenters. The van der Waals surface area contributed by atoms with E-state index in [1.54, 1.807) is 41.6 Å². The predicted octanol–water partition coefficient (Wildman–Crippen LogP) is 2.24. The molecule has 0 spiro atoms. The van der Waals surface area contributed by atoms with Gasteiger partial charge in [0.05, 0.1) is 29.1 Å². The lowest BCUT2D eigenvalue weighted by atomic mass is 9.91. The molecule has 0 atom stereocenters. The molecule has 1 aliphatic rings. The van der Waals surface area contributed by atoms with Crippen LogP contribution in [0.5, 0.6) is 0 Å². The Kier molecular flexibility index (Phi) is 6.35. The van der Waals surface area contributed by atoms with Gasteiger partial charge in [0.2, 0.25) is 0 Å². The van der Waals surface area contributed by atoms with Gasteiger partial charge in [-0.15, -0.1) is 0 Å². The lowest BCUT2D eigenvalue weighted by Gasteiger charge is -2.31. The molecule has 3 aromatic rings. The Hall–Kier alpha value is -3.55. The molecule has 4 rings (SSSR count). The van der Waals surface area contributed by atoms with Crippen molar-refractivity contribution in [3.8, 4) is 0 Å². The summed E-state index contributed by atoms with van der Waals surface area (Å²) in [6, 6.07) is 9.20. The van der Waals surface area contributed by atoms with Gasteiger partial charge in [0.15, 0.2) is 0 Å². The third-order valence-electron chi connectivity index (χ3n) is 5.60. The van der Waals surface area contributed by atoms with Crippen LogP contribution in [0.1, 0.15) is 44.9 Å².